The number of nitrogens with one attached hydrogen (secondary N) is 1. The highest BCUT2D eigenvalue weighted by Gasteiger charge is 2.31. The fraction of sp³-hybridized carbons (Fsp3) is 0.727. The minimum atomic E-state index is 0.136. The van der Waals surface area contributed by atoms with Crippen LogP contribution < -0.4 is 11.1 Å². The first-order valence-corrected chi connectivity index (χ1v) is 6.42. The van der Waals surface area contributed by atoms with Crippen LogP contribution in [0, 0.1) is 5.41 Å². The van der Waals surface area contributed by atoms with Crippen LogP contribution in [0.3, 0.4) is 0 Å². The van der Waals surface area contributed by atoms with E-state index in [0.29, 0.717) is 11.4 Å². The molecule has 0 saturated heterocycles. The smallest absolute Gasteiger partial charge is 0.228 e. The zero-order valence-corrected chi connectivity index (χ0v) is 10.8. The highest BCUT2D eigenvalue weighted by Crippen LogP contribution is 2.40. The van der Waals surface area contributed by atoms with Gasteiger partial charge in [0.1, 0.15) is 0 Å². The van der Waals surface area contributed by atoms with Gasteiger partial charge in [0.15, 0.2) is 0 Å². The standard InChI is InChI=1S/C11H18ClN5/c1-2-11(5-3-4-6-11)7-14-10-16-8(12)15-9(13)17-10/h2-7H2,1H3,(H3,13,14,15,16,17). The van der Waals surface area contributed by atoms with Crippen molar-refractivity contribution < 1.29 is 0 Å². The van der Waals surface area contributed by atoms with Gasteiger partial charge >= 0.3 is 0 Å². The number of halogens is 1. The van der Waals surface area contributed by atoms with E-state index >= 15 is 0 Å². The van der Waals surface area contributed by atoms with Gasteiger partial charge < -0.3 is 11.1 Å². The van der Waals surface area contributed by atoms with Crippen molar-refractivity contribution in [1.29, 1.82) is 0 Å². The average Bonchev–Trinajstić information content (AvgIpc) is 2.74. The van der Waals surface area contributed by atoms with E-state index in [1.54, 1.807) is 0 Å². The van der Waals surface area contributed by atoms with Crippen LogP contribution >= 0.6 is 11.6 Å². The first-order chi connectivity index (χ1) is 8.13. The third-order valence-corrected chi connectivity index (χ3v) is 3.83. The van der Waals surface area contributed by atoms with Crippen molar-refractivity contribution in [3.8, 4) is 0 Å². The lowest BCUT2D eigenvalue weighted by molar-refractivity contribution is 0.306. The molecule has 0 atom stereocenters. The Bertz CT molecular complexity index is 369. The molecule has 1 saturated carbocycles. The lowest BCUT2D eigenvalue weighted by Crippen LogP contribution is -2.26. The molecule has 1 aliphatic rings. The molecule has 0 spiro atoms. The summed E-state index contributed by atoms with van der Waals surface area (Å²) in [6.45, 7) is 3.12. The first kappa shape index (κ1) is 12.4. The summed E-state index contributed by atoms with van der Waals surface area (Å²) in [7, 11) is 0. The Hall–Kier alpha value is -1.10. The summed E-state index contributed by atoms with van der Waals surface area (Å²) in [4.78, 5) is 11.8. The van der Waals surface area contributed by atoms with Gasteiger partial charge in [-0.2, -0.15) is 15.0 Å². The Labute approximate surface area is 106 Å². The van der Waals surface area contributed by atoms with Crippen molar-refractivity contribution in [2.45, 2.75) is 39.0 Å². The molecular formula is C11H18ClN5. The molecule has 0 aliphatic heterocycles. The lowest BCUT2D eigenvalue weighted by atomic mass is 9.83. The van der Waals surface area contributed by atoms with E-state index in [4.69, 9.17) is 17.3 Å². The van der Waals surface area contributed by atoms with Gasteiger partial charge in [0.25, 0.3) is 0 Å². The minimum Gasteiger partial charge on any atom is -0.368 e. The molecule has 94 valence electrons. The molecule has 1 fully saturated rings. The van der Waals surface area contributed by atoms with E-state index < -0.39 is 0 Å². The molecule has 17 heavy (non-hydrogen) atoms. The fourth-order valence-electron chi connectivity index (χ4n) is 2.49. The number of rotatable bonds is 4. The second-order valence-electron chi connectivity index (χ2n) is 4.70. The molecule has 0 unspecified atom stereocenters. The summed E-state index contributed by atoms with van der Waals surface area (Å²) in [5.41, 5.74) is 5.90. The van der Waals surface area contributed by atoms with E-state index in [1.165, 1.54) is 32.1 Å². The van der Waals surface area contributed by atoms with Crippen LogP contribution in [0.1, 0.15) is 39.0 Å². The van der Waals surface area contributed by atoms with E-state index in [2.05, 4.69) is 27.2 Å². The van der Waals surface area contributed by atoms with Crippen molar-refractivity contribution in [3.05, 3.63) is 5.28 Å². The molecule has 1 aliphatic carbocycles. The van der Waals surface area contributed by atoms with Crippen molar-refractivity contribution in [3.63, 3.8) is 0 Å². The van der Waals surface area contributed by atoms with Crippen molar-refractivity contribution in [2.75, 3.05) is 17.6 Å². The van der Waals surface area contributed by atoms with E-state index in [0.717, 1.165) is 6.54 Å². The summed E-state index contributed by atoms with van der Waals surface area (Å²) in [6.07, 6.45) is 6.34. The largest absolute Gasteiger partial charge is 0.368 e. The number of anilines is 2. The van der Waals surface area contributed by atoms with Crippen molar-refractivity contribution >= 4 is 23.5 Å². The maximum atomic E-state index is 5.73. The van der Waals surface area contributed by atoms with Gasteiger partial charge in [-0.25, -0.2) is 0 Å². The Morgan fingerprint density at radius 3 is 2.59 bits per heavy atom. The summed E-state index contributed by atoms with van der Waals surface area (Å²) in [5, 5.41) is 3.37. The van der Waals surface area contributed by atoms with Gasteiger partial charge in [0, 0.05) is 6.54 Å². The second kappa shape index (κ2) is 5.04. The number of nitrogens with two attached hydrogens (primary N) is 1. The Morgan fingerprint density at radius 2 is 2.00 bits per heavy atom. The van der Waals surface area contributed by atoms with E-state index in [1.807, 2.05) is 0 Å². The van der Waals surface area contributed by atoms with E-state index in [-0.39, 0.29) is 11.2 Å². The minimum absolute atomic E-state index is 0.136. The van der Waals surface area contributed by atoms with Gasteiger partial charge in [-0.05, 0) is 36.3 Å². The zero-order valence-electron chi connectivity index (χ0n) is 10.0. The van der Waals surface area contributed by atoms with Crippen LogP contribution in [0.25, 0.3) is 0 Å². The molecule has 0 amide bonds. The summed E-state index contributed by atoms with van der Waals surface area (Å²) in [5.74, 6) is 0.631. The zero-order chi connectivity index (χ0) is 12.3. The highest BCUT2D eigenvalue weighted by atomic mass is 35.5. The van der Waals surface area contributed by atoms with Crippen LogP contribution in [-0.2, 0) is 0 Å². The summed E-state index contributed by atoms with van der Waals surface area (Å²) < 4.78 is 0. The Balaban J connectivity index is 2.01. The highest BCUT2D eigenvalue weighted by molar-refractivity contribution is 6.28. The van der Waals surface area contributed by atoms with Gasteiger partial charge in [-0.1, -0.05) is 19.8 Å². The summed E-state index contributed by atoms with van der Waals surface area (Å²) >= 11 is 5.73. The van der Waals surface area contributed by atoms with Crippen LogP contribution in [0.5, 0.6) is 0 Å². The molecule has 2 rings (SSSR count). The number of nitrogen functional groups attached to an aromatic ring is 1. The molecular weight excluding hydrogens is 238 g/mol. The van der Waals surface area contributed by atoms with Crippen molar-refractivity contribution in [2.24, 2.45) is 5.41 Å². The lowest BCUT2D eigenvalue weighted by Gasteiger charge is -2.27. The first-order valence-electron chi connectivity index (χ1n) is 6.04. The molecule has 6 heteroatoms. The molecule has 0 bridgehead atoms. The fourth-order valence-corrected chi connectivity index (χ4v) is 2.66. The normalized spacial score (nSPS) is 18.2. The quantitative estimate of drug-likeness (QED) is 0.864. The summed E-state index contributed by atoms with van der Waals surface area (Å²) in [6, 6.07) is 0. The maximum absolute atomic E-state index is 5.73. The van der Waals surface area contributed by atoms with Gasteiger partial charge in [0.2, 0.25) is 17.2 Å². The number of hydrogen-bond donors (Lipinski definition) is 2. The Morgan fingerprint density at radius 1 is 1.29 bits per heavy atom. The second-order valence-corrected chi connectivity index (χ2v) is 5.04. The van der Waals surface area contributed by atoms with Crippen molar-refractivity contribution in [1.82, 2.24) is 15.0 Å². The molecule has 5 nitrogen and oxygen atoms in total. The van der Waals surface area contributed by atoms with Crippen LogP contribution in [0.15, 0.2) is 0 Å². The SMILES string of the molecule is CCC1(CNc2nc(N)nc(Cl)n2)CCCC1. The monoisotopic (exact) mass is 255 g/mol. The molecule has 1 aromatic rings. The third-order valence-electron chi connectivity index (χ3n) is 3.66. The molecule has 1 heterocycles. The average molecular weight is 256 g/mol. The predicted octanol–water partition coefficient (Wildman–Crippen LogP) is 2.49. The number of hydrogen-bond acceptors (Lipinski definition) is 5. The molecule has 0 radical (unpaired) electrons. The van der Waals surface area contributed by atoms with Gasteiger partial charge in [-0.3, -0.25) is 0 Å². The van der Waals surface area contributed by atoms with E-state index in [9.17, 15) is 0 Å². The molecule has 3 N–H and O–H groups in total. The number of nitrogens with zero attached hydrogens (tertiary/aromatic N) is 3. The third kappa shape index (κ3) is 2.97. The Kier molecular flexibility index (Phi) is 3.66. The van der Waals surface area contributed by atoms with Gasteiger partial charge in [-0.15, -0.1) is 0 Å². The predicted molar refractivity (Wildman–Crippen MR) is 68.9 cm³/mol. The van der Waals surface area contributed by atoms with Gasteiger partial charge in [0.05, 0.1) is 0 Å². The number of aromatic nitrogens is 3. The molecule has 0 aromatic carbocycles. The molecule has 1 aromatic heterocycles. The topological polar surface area (TPSA) is 76.7 Å². The van der Waals surface area contributed by atoms with Crippen LogP contribution in [-0.4, -0.2) is 21.5 Å². The van der Waals surface area contributed by atoms with Crippen LogP contribution in [0.2, 0.25) is 5.28 Å². The maximum Gasteiger partial charge on any atom is 0.228 e. The van der Waals surface area contributed by atoms with Crippen LogP contribution in [0.4, 0.5) is 11.9 Å².